The number of amides is 2. The highest BCUT2D eigenvalue weighted by molar-refractivity contribution is 5.83. The summed E-state index contributed by atoms with van der Waals surface area (Å²) in [6.45, 7) is 9.01. The molecule has 8 rings (SSSR count). The molecule has 8 aliphatic rings. The van der Waals surface area contributed by atoms with E-state index >= 15 is 0 Å². The molecular formula is C49H86N4O6. The number of rotatable bonds is 15. The molecule has 7 aliphatic carbocycles. The van der Waals surface area contributed by atoms with E-state index in [1.807, 2.05) is 12.2 Å². The third-order valence-electron chi connectivity index (χ3n) is 18.2. The first-order valence-corrected chi connectivity index (χ1v) is 24.8. The van der Waals surface area contributed by atoms with E-state index in [1.54, 1.807) is 6.92 Å². The molecule has 4 N–H and O–H groups in total. The molecule has 0 radical (unpaired) electrons. The molecule has 338 valence electrons. The molecule has 0 aromatic rings. The number of hydroxylamine groups is 2. The summed E-state index contributed by atoms with van der Waals surface area (Å²) in [6.07, 6.45) is 22.3. The number of carbonyl (C=O) groups excluding carboxylic acids is 2. The Kier molecular flexibility index (Phi) is 15.5. The molecule has 0 aromatic carbocycles. The molecule has 10 heteroatoms. The molecule has 14 atom stereocenters. The number of hydrogen-bond donors (Lipinski definition) is 4. The van der Waals surface area contributed by atoms with Crippen molar-refractivity contribution in [2.24, 2.45) is 64.6 Å². The second kappa shape index (κ2) is 20.0. The Morgan fingerprint density at radius 2 is 1.54 bits per heavy atom. The van der Waals surface area contributed by atoms with Gasteiger partial charge in [0.1, 0.15) is 12.1 Å². The number of carbonyl (C=O) groups is 2. The van der Waals surface area contributed by atoms with Crippen molar-refractivity contribution in [3.05, 3.63) is 0 Å². The Bertz CT molecular complexity index is 1350. The molecule has 2 amide bonds. The second-order valence-corrected chi connectivity index (χ2v) is 22.3. The lowest BCUT2D eigenvalue weighted by molar-refractivity contribution is -0.193. The number of methoxy groups -OCH3 is 1. The minimum Gasteiger partial charge on any atom is -0.394 e. The average molecular weight is 827 g/mol. The van der Waals surface area contributed by atoms with Gasteiger partial charge in [-0.2, -0.15) is 5.06 Å². The van der Waals surface area contributed by atoms with Gasteiger partial charge in [0.25, 0.3) is 0 Å². The number of ether oxygens (including phenoxy) is 1. The van der Waals surface area contributed by atoms with Gasteiger partial charge in [-0.25, -0.2) is 0 Å². The highest BCUT2D eigenvalue weighted by Gasteiger charge is 2.58. The Morgan fingerprint density at radius 1 is 0.881 bits per heavy atom. The zero-order valence-corrected chi connectivity index (χ0v) is 38.3. The summed E-state index contributed by atoms with van der Waals surface area (Å²) in [6, 6.07) is 0.0314. The van der Waals surface area contributed by atoms with Crippen molar-refractivity contribution in [1.82, 2.24) is 20.6 Å². The van der Waals surface area contributed by atoms with Crippen molar-refractivity contribution in [3.63, 3.8) is 0 Å². The molecular weight excluding hydrogens is 741 g/mol. The number of fused-ring (bicyclic) bond motifs is 2. The van der Waals surface area contributed by atoms with Gasteiger partial charge in [-0.05, 0) is 126 Å². The van der Waals surface area contributed by atoms with Crippen molar-refractivity contribution >= 4 is 11.8 Å². The maximum Gasteiger partial charge on any atom is 0.240 e. The van der Waals surface area contributed by atoms with Gasteiger partial charge in [0.05, 0.1) is 18.8 Å². The summed E-state index contributed by atoms with van der Waals surface area (Å²) in [7, 11) is 6.20. The van der Waals surface area contributed by atoms with Crippen molar-refractivity contribution < 1.29 is 29.4 Å². The van der Waals surface area contributed by atoms with Gasteiger partial charge < -0.3 is 30.5 Å². The summed E-state index contributed by atoms with van der Waals surface area (Å²) in [5.74, 6) is 3.51. The van der Waals surface area contributed by atoms with Crippen molar-refractivity contribution in [2.45, 2.75) is 199 Å². The SMILES string of the molecule is COC1C(CN2O[C@@H](CO)[C@@H]([C@H](C)O)[C@H]2C(=O)N[C@H]2C[C@H]3C[C@@H]([C@@H]2C)C3(C)C)CCCC1C1CC(C(=O)NC(CC2CCCCC2)CC2CCCCC2)CC(N(C)C)C1. The fourth-order valence-corrected chi connectivity index (χ4v) is 14.6. The first kappa shape index (κ1) is 45.7. The van der Waals surface area contributed by atoms with E-state index in [9.17, 15) is 19.8 Å². The molecule has 10 nitrogen and oxygen atoms in total. The largest absolute Gasteiger partial charge is 0.394 e. The quantitative estimate of drug-likeness (QED) is 0.135. The van der Waals surface area contributed by atoms with Gasteiger partial charge in [0, 0.05) is 49.5 Å². The molecule has 1 saturated heterocycles. The van der Waals surface area contributed by atoms with Crippen molar-refractivity contribution in [1.29, 1.82) is 0 Å². The molecule has 0 aromatic heterocycles. The Labute approximate surface area is 358 Å². The lowest BCUT2D eigenvalue weighted by atomic mass is 9.45. The number of aliphatic hydroxyl groups excluding tert-OH is 2. The lowest BCUT2D eigenvalue weighted by Gasteiger charge is -2.62. The maximum atomic E-state index is 14.5. The van der Waals surface area contributed by atoms with Crippen molar-refractivity contribution in [2.75, 3.05) is 34.4 Å². The maximum absolute atomic E-state index is 14.5. The van der Waals surface area contributed by atoms with Crippen LogP contribution in [-0.2, 0) is 19.2 Å². The summed E-state index contributed by atoms with van der Waals surface area (Å²) in [4.78, 5) is 37.8. The van der Waals surface area contributed by atoms with Crippen LogP contribution in [0.5, 0.6) is 0 Å². The Hall–Kier alpha value is -1.30. The lowest BCUT2D eigenvalue weighted by Crippen LogP contribution is -2.62. The van der Waals surface area contributed by atoms with E-state index in [-0.39, 0.29) is 48.4 Å². The minimum absolute atomic E-state index is 0.00913. The van der Waals surface area contributed by atoms with E-state index < -0.39 is 24.2 Å². The van der Waals surface area contributed by atoms with E-state index in [4.69, 9.17) is 9.57 Å². The van der Waals surface area contributed by atoms with Gasteiger partial charge in [-0.15, -0.1) is 0 Å². The minimum atomic E-state index is -0.820. The van der Waals surface area contributed by atoms with Crippen LogP contribution in [-0.4, -0.2) is 109 Å². The van der Waals surface area contributed by atoms with E-state index in [1.165, 1.54) is 70.6 Å². The monoisotopic (exact) mass is 827 g/mol. The van der Waals surface area contributed by atoms with Crippen LogP contribution in [0.15, 0.2) is 0 Å². The number of nitrogens with zero attached hydrogens (tertiary/aromatic N) is 2. The number of nitrogens with one attached hydrogen (secondary N) is 2. The van der Waals surface area contributed by atoms with Gasteiger partial charge in [-0.3, -0.25) is 14.4 Å². The molecule has 59 heavy (non-hydrogen) atoms. The summed E-state index contributed by atoms with van der Waals surface area (Å²) < 4.78 is 6.50. The van der Waals surface area contributed by atoms with Crippen LogP contribution in [0.2, 0.25) is 0 Å². The summed E-state index contributed by atoms with van der Waals surface area (Å²) >= 11 is 0. The predicted molar refractivity (Wildman–Crippen MR) is 233 cm³/mol. The molecule has 2 bridgehead atoms. The highest BCUT2D eigenvalue weighted by atomic mass is 16.7. The van der Waals surface area contributed by atoms with Crippen molar-refractivity contribution in [3.8, 4) is 0 Å². The smallest absolute Gasteiger partial charge is 0.240 e. The first-order valence-electron chi connectivity index (χ1n) is 24.8. The van der Waals surface area contributed by atoms with Gasteiger partial charge in [-0.1, -0.05) is 91.4 Å². The van der Waals surface area contributed by atoms with Gasteiger partial charge >= 0.3 is 0 Å². The average Bonchev–Trinajstić information content (AvgIpc) is 3.60. The summed E-state index contributed by atoms with van der Waals surface area (Å²) in [5.41, 5.74) is 0.320. The zero-order valence-electron chi connectivity index (χ0n) is 38.3. The van der Waals surface area contributed by atoms with Gasteiger partial charge in [0.2, 0.25) is 11.8 Å². The molecule has 6 unspecified atom stereocenters. The fraction of sp³-hybridized carbons (Fsp3) is 0.959. The van der Waals surface area contributed by atoms with E-state index in [2.05, 4.69) is 50.4 Å². The Balaban J connectivity index is 1.04. The van der Waals surface area contributed by atoms with Crippen LogP contribution >= 0.6 is 0 Å². The third-order valence-corrected chi connectivity index (χ3v) is 18.2. The van der Waals surface area contributed by atoms with Gasteiger partial charge in [0.15, 0.2) is 0 Å². The van der Waals surface area contributed by atoms with Crippen LogP contribution in [0.3, 0.4) is 0 Å². The van der Waals surface area contributed by atoms with Crippen LogP contribution in [0.25, 0.3) is 0 Å². The Morgan fingerprint density at radius 3 is 2.10 bits per heavy atom. The molecule has 7 saturated carbocycles. The predicted octanol–water partition coefficient (Wildman–Crippen LogP) is 7.35. The normalized spacial score (nSPS) is 40.2. The number of aliphatic hydroxyl groups is 2. The van der Waals surface area contributed by atoms with E-state index in [0.29, 0.717) is 47.6 Å². The zero-order chi connectivity index (χ0) is 42.0. The first-order chi connectivity index (χ1) is 28.3. The molecule has 1 heterocycles. The summed E-state index contributed by atoms with van der Waals surface area (Å²) in [5, 5.41) is 30.6. The molecule has 1 aliphatic heterocycles. The topological polar surface area (TPSA) is 124 Å². The standard InChI is InChI=1S/C49H86N4O6/c1-30-41-26-37(49(41,3)4)27-42(30)51-48(57)45-44(31(2)55)43(29-54)59-53(45)28-34-19-14-20-40(46(34)58-7)35-23-36(25-39(24-35)52(5)6)47(56)50-38(21-32-15-10-8-11-16-32)22-33-17-12-9-13-18-33/h30-46,54-55H,8-29H2,1-7H3,(H,50,56)(H,51,57)/t30-,31-,34?,35?,36?,37+,39?,40?,41-,42-,43-,44+,45-,46?/m0/s1. The van der Waals surface area contributed by atoms with E-state index in [0.717, 1.165) is 69.6 Å². The highest BCUT2D eigenvalue weighted by Crippen LogP contribution is 2.61. The van der Waals surface area contributed by atoms with Crippen LogP contribution < -0.4 is 10.6 Å². The second-order valence-electron chi connectivity index (χ2n) is 22.3. The van der Waals surface area contributed by atoms with Crippen LogP contribution in [0, 0.1) is 64.6 Å². The molecule has 0 spiro atoms. The number of hydrogen-bond acceptors (Lipinski definition) is 8. The third kappa shape index (κ3) is 10.2. The van der Waals surface area contributed by atoms with Crippen LogP contribution in [0.1, 0.15) is 156 Å². The van der Waals surface area contributed by atoms with Crippen LogP contribution in [0.4, 0.5) is 0 Å². The fourth-order valence-electron chi connectivity index (χ4n) is 14.6. The molecule has 8 fully saturated rings.